The molecule has 0 aliphatic rings. The molecule has 102 valence electrons. The molecule has 5 heteroatoms. The van der Waals surface area contributed by atoms with E-state index in [4.69, 9.17) is 10.5 Å². The fourth-order valence-electron chi connectivity index (χ4n) is 1.90. The van der Waals surface area contributed by atoms with Gasteiger partial charge in [-0.25, -0.2) is 4.68 Å². The van der Waals surface area contributed by atoms with E-state index in [-0.39, 0.29) is 6.04 Å². The molecule has 1 heterocycles. The first kappa shape index (κ1) is 13.3. The fourth-order valence-corrected chi connectivity index (χ4v) is 1.90. The number of methoxy groups -OCH3 is 1. The molecule has 3 N–H and O–H groups in total. The molecule has 0 radical (unpaired) electrons. The molecule has 0 bridgehead atoms. The zero-order valence-electron chi connectivity index (χ0n) is 11.8. The molecular formula is C14H20N4O. The standard InChI is InChI=1S/C14H20N4O/c1-9(2)18-14(13(15)10(3)17-18)16-11-6-5-7-12(8-11)19-4/h5-9,16H,15H2,1-4H3. The Hall–Kier alpha value is -2.17. The van der Waals surface area contributed by atoms with Crippen LogP contribution in [0.1, 0.15) is 25.6 Å². The maximum absolute atomic E-state index is 6.08. The van der Waals surface area contributed by atoms with Gasteiger partial charge in [0.25, 0.3) is 0 Å². The zero-order valence-corrected chi connectivity index (χ0v) is 11.8. The predicted molar refractivity (Wildman–Crippen MR) is 78.0 cm³/mol. The van der Waals surface area contributed by atoms with Gasteiger partial charge in [-0.3, -0.25) is 0 Å². The van der Waals surface area contributed by atoms with E-state index in [2.05, 4.69) is 24.3 Å². The van der Waals surface area contributed by atoms with Crippen molar-refractivity contribution < 1.29 is 4.74 Å². The van der Waals surface area contributed by atoms with Crippen molar-refractivity contribution in [3.8, 4) is 5.75 Å². The van der Waals surface area contributed by atoms with Crippen LogP contribution in [0.2, 0.25) is 0 Å². The van der Waals surface area contributed by atoms with Crippen molar-refractivity contribution in [2.75, 3.05) is 18.2 Å². The first-order valence-corrected chi connectivity index (χ1v) is 6.28. The highest BCUT2D eigenvalue weighted by molar-refractivity contribution is 5.71. The predicted octanol–water partition coefficient (Wildman–Crippen LogP) is 3.11. The summed E-state index contributed by atoms with van der Waals surface area (Å²) < 4.78 is 7.11. The Kier molecular flexibility index (Phi) is 3.64. The summed E-state index contributed by atoms with van der Waals surface area (Å²) in [7, 11) is 1.65. The number of nitrogens with one attached hydrogen (secondary N) is 1. The molecule has 0 saturated heterocycles. The Bertz CT molecular complexity index is 575. The molecule has 1 aromatic carbocycles. The van der Waals surface area contributed by atoms with Crippen LogP contribution in [0.4, 0.5) is 17.2 Å². The minimum atomic E-state index is 0.240. The second kappa shape index (κ2) is 5.22. The van der Waals surface area contributed by atoms with Gasteiger partial charge in [0.2, 0.25) is 0 Å². The quantitative estimate of drug-likeness (QED) is 0.886. The summed E-state index contributed by atoms with van der Waals surface area (Å²) in [5.74, 6) is 1.62. The van der Waals surface area contributed by atoms with Gasteiger partial charge >= 0.3 is 0 Å². The fraction of sp³-hybridized carbons (Fsp3) is 0.357. The number of nitrogen functional groups attached to an aromatic ring is 1. The number of hydrogen-bond donors (Lipinski definition) is 2. The molecule has 0 aliphatic heterocycles. The van der Waals surface area contributed by atoms with Crippen LogP contribution in [0, 0.1) is 6.92 Å². The van der Waals surface area contributed by atoms with Crippen LogP contribution in [0.15, 0.2) is 24.3 Å². The summed E-state index contributed by atoms with van der Waals surface area (Å²) in [6.07, 6.45) is 0. The molecule has 0 amide bonds. The van der Waals surface area contributed by atoms with Gasteiger partial charge in [-0.1, -0.05) is 6.07 Å². The summed E-state index contributed by atoms with van der Waals surface area (Å²) in [4.78, 5) is 0. The highest BCUT2D eigenvalue weighted by atomic mass is 16.5. The van der Waals surface area contributed by atoms with E-state index in [9.17, 15) is 0 Å². The van der Waals surface area contributed by atoms with Crippen molar-refractivity contribution in [1.29, 1.82) is 0 Å². The van der Waals surface area contributed by atoms with Gasteiger partial charge in [0.1, 0.15) is 5.75 Å². The SMILES string of the molecule is COc1cccc(Nc2c(N)c(C)nn2C(C)C)c1. The Morgan fingerprint density at radius 2 is 2.11 bits per heavy atom. The number of nitrogens with two attached hydrogens (primary N) is 1. The topological polar surface area (TPSA) is 65.1 Å². The molecule has 19 heavy (non-hydrogen) atoms. The van der Waals surface area contributed by atoms with Gasteiger partial charge in [0, 0.05) is 17.8 Å². The third-order valence-electron chi connectivity index (χ3n) is 2.95. The molecule has 0 saturated carbocycles. The third-order valence-corrected chi connectivity index (χ3v) is 2.95. The lowest BCUT2D eigenvalue weighted by Gasteiger charge is -2.14. The normalized spacial score (nSPS) is 10.8. The number of hydrogen-bond acceptors (Lipinski definition) is 4. The van der Waals surface area contributed by atoms with Crippen LogP contribution >= 0.6 is 0 Å². The van der Waals surface area contributed by atoms with E-state index in [1.165, 1.54) is 0 Å². The van der Waals surface area contributed by atoms with E-state index in [0.717, 1.165) is 22.9 Å². The summed E-state index contributed by atoms with van der Waals surface area (Å²) >= 11 is 0. The molecule has 2 rings (SSSR count). The van der Waals surface area contributed by atoms with E-state index in [0.29, 0.717) is 5.69 Å². The van der Waals surface area contributed by atoms with Crippen molar-refractivity contribution in [1.82, 2.24) is 9.78 Å². The number of aromatic nitrogens is 2. The minimum Gasteiger partial charge on any atom is -0.497 e. The highest BCUT2D eigenvalue weighted by Gasteiger charge is 2.14. The maximum Gasteiger partial charge on any atom is 0.152 e. The highest BCUT2D eigenvalue weighted by Crippen LogP contribution is 2.29. The molecule has 0 aliphatic carbocycles. The minimum absolute atomic E-state index is 0.240. The van der Waals surface area contributed by atoms with Gasteiger partial charge in [-0.05, 0) is 32.9 Å². The second-order valence-electron chi connectivity index (χ2n) is 4.74. The van der Waals surface area contributed by atoms with Gasteiger partial charge < -0.3 is 15.8 Å². The van der Waals surface area contributed by atoms with Gasteiger partial charge in [-0.15, -0.1) is 0 Å². The van der Waals surface area contributed by atoms with Crippen molar-refractivity contribution in [3.05, 3.63) is 30.0 Å². The van der Waals surface area contributed by atoms with E-state index in [1.54, 1.807) is 7.11 Å². The lowest BCUT2D eigenvalue weighted by Crippen LogP contribution is -2.08. The molecule has 0 fully saturated rings. The van der Waals surface area contributed by atoms with Crippen molar-refractivity contribution in [3.63, 3.8) is 0 Å². The van der Waals surface area contributed by atoms with Gasteiger partial charge in [-0.2, -0.15) is 5.10 Å². The largest absolute Gasteiger partial charge is 0.497 e. The van der Waals surface area contributed by atoms with Crippen LogP contribution in [0.5, 0.6) is 5.75 Å². The van der Waals surface area contributed by atoms with Crippen LogP contribution in [-0.4, -0.2) is 16.9 Å². The summed E-state index contributed by atoms with van der Waals surface area (Å²) in [6.45, 7) is 6.05. The zero-order chi connectivity index (χ0) is 14.0. The number of benzene rings is 1. The van der Waals surface area contributed by atoms with E-state index >= 15 is 0 Å². The number of anilines is 3. The molecule has 0 unspecified atom stereocenters. The Labute approximate surface area is 113 Å². The van der Waals surface area contributed by atoms with Crippen molar-refractivity contribution in [2.24, 2.45) is 0 Å². The van der Waals surface area contributed by atoms with Gasteiger partial charge in [0.05, 0.1) is 18.5 Å². The number of rotatable bonds is 4. The van der Waals surface area contributed by atoms with Gasteiger partial charge in [0.15, 0.2) is 5.82 Å². The average molecular weight is 260 g/mol. The third kappa shape index (κ3) is 2.65. The van der Waals surface area contributed by atoms with Crippen molar-refractivity contribution in [2.45, 2.75) is 26.8 Å². The summed E-state index contributed by atoms with van der Waals surface area (Å²) in [5.41, 5.74) is 8.52. The number of ether oxygens (including phenoxy) is 1. The monoisotopic (exact) mass is 260 g/mol. The second-order valence-corrected chi connectivity index (χ2v) is 4.74. The summed E-state index contributed by atoms with van der Waals surface area (Å²) in [5, 5.41) is 7.76. The summed E-state index contributed by atoms with van der Waals surface area (Å²) in [6, 6.07) is 7.96. The average Bonchev–Trinajstić information content (AvgIpc) is 2.67. The van der Waals surface area contributed by atoms with Crippen LogP contribution in [-0.2, 0) is 0 Å². The molecule has 0 atom stereocenters. The van der Waals surface area contributed by atoms with E-state index < -0.39 is 0 Å². The number of aryl methyl sites for hydroxylation is 1. The molecule has 1 aromatic heterocycles. The Morgan fingerprint density at radius 3 is 2.74 bits per heavy atom. The maximum atomic E-state index is 6.08. The van der Waals surface area contributed by atoms with E-state index in [1.807, 2.05) is 35.9 Å². The first-order valence-electron chi connectivity index (χ1n) is 6.28. The molecule has 2 aromatic rings. The lowest BCUT2D eigenvalue weighted by atomic mass is 10.3. The van der Waals surface area contributed by atoms with Crippen LogP contribution < -0.4 is 15.8 Å². The van der Waals surface area contributed by atoms with Crippen LogP contribution in [0.3, 0.4) is 0 Å². The smallest absolute Gasteiger partial charge is 0.152 e. The molecule has 5 nitrogen and oxygen atoms in total. The molecule has 0 spiro atoms. The Balaban J connectivity index is 2.37. The van der Waals surface area contributed by atoms with Crippen molar-refractivity contribution >= 4 is 17.2 Å². The first-order chi connectivity index (χ1) is 9.02. The van der Waals surface area contributed by atoms with Crippen LogP contribution in [0.25, 0.3) is 0 Å². The Morgan fingerprint density at radius 1 is 1.37 bits per heavy atom. The lowest BCUT2D eigenvalue weighted by molar-refractivity contribution is 0.415. The molecular weight excluding hydrogens is 240 g/mol. The number of nitrogens with zero attached hydrogens (tertiary/aromatic N) is 2.